The first-order chi connectivity index (χ1) is 6.81. The predicted octanol–water partition coefficient (Wildman–Crippen LogP) is 1.95. The third kappa shape index (κ3) is 2.49. The minimum atomic E-state index is 0.732. The van der Waals surface area contributed by atoms with Gasteiger partial charge in [0, 0.05) is 6.54 Å². The predicted molar refractivity (Wildman–Crippen MR) is 57.7 cm³/mol. The molecule has 14 heavy (non-hydrogen) atoms. The van der Waals surface area contributed by atoms with Crippen molar-refractivity contribution in [3.63, 3.8) is 0 Å². The van der Waals surface area contributed by atoms with E-state index >= 15 is 0 Å². The van der Waals surface area contributed by atoms with Gasteiger partial charge in [-0.1, -0.05) is 6.07 Å². The number of hydrogen-bond donors (Lipinski definition) is 0. The topological polar surface area (TPSA) is 30.8 Å². The molecule has 0 amide bonds. The molecule has 0 radical (unpaired) electrons. The lowest BCUT2D eigenvalue weighted by Gasteiger charge is -2.08. The zero-order valence-corrected chi connectivity index (χ0v) is 8.62. The van der Waals surface area contributed by atoms with Crippen LogP contribution in [0.1, 0.15) is 5.56 Å². The van der Waals surface area contributed by atoms with Crippen molar-refractivity contribution in [1.82, 2.24) is 0 Å². The average molecular weight is 193 g/mol. The second kappa shape index (κ2) is 5.27. The number of benzene rings is 1. The monoisotopic (exact) mass is 193 g/mol. The molecule has 1 rings (SSSR count). The van der Waals surface area contributed by atoms with E-state index in [1.165, 1.54) is 5.56 Å². The molecule has 0 saturated carbocycles. The van der Waals surface area contributed by atoms with E-state index in [9.17, 15) is 0 Å². The van der Waals surface area contributed by atoms with Crippen LogP contribution in [0.4, 0.5) is 0 Å². The summed E-state index contributed by atoms with van der Waals surface area (Å²) < 4.78 is 10.3. The number of nitrogens with zero attached hydrogens (tertiary/aromatic N) is 1. The minimum absolute atomic E-state index is 0.732. The van der Waals surface area contributed by atoms with Crippen LogP contribution in [0, 0.1) is 0 Å². The summed E-state index contributed by atoms with van der Waals surface area (Å²) in [5, 5.41) is 0. The van der Waals surface area contributed by atoms with E-state index in [1.54, 1.807) is 14.2 Å². The zero-order chi connectivity index (χ0) is 10.4. The van der Waals surface area contributed by atoms with Crippen LogP contribution in [0.15, 0.2) is 23.2 Å². The van der Waals surface area contributed by atoms with Gasteiger partial charge in [-0.15, -0.1) is 0 Å². The highest BCUT2D eigenvalue weighted by Crippen LogP contribution is 2.27. The first-order valence-electron chi connectivity index (χ1n) is 4.45. The highest BCUT2D eigenvalue weighted by atomic mass is 16.5. The molecule has 0 fully saturated rings. The van der Waals surface area contributed by atoms with Gasteiger partial charge in [-0.3, -0.25) is 0 Å². The summed E-state index contributed by atoms with van der Waals surface area (Å²) in [4.78, 5) is 3.81. The van der Waals surface area contributed by atoms with Crippen LogP contribution in [0.2, 0.25) is 0 Å². The standard InChI is InChI=1S/C11H15NO2/c1-12-7-6-9-4-5-10(13-2)11(8-9)14-3/h4-5,8H,1,6-7H2,2-3H3. The van der Waals surface area contributed by atoms with Gasteiger partial charge in [0.25, 0.3) is 0 Å². The quantitative estimate of drug-likeness (QED) is 0.669. The molecule has 0 aliphatic rings. The second-order valence-corrected chi connectivity index (χ2v) is 2.89. The van der Waals surface area contributed by atoms with Crippen molar-refractivity contribution < 1.29 is 9.47 Å². The highest BCUT2D eigenvalue weighted by Gasteiger charge is 2.03. The lowest BCUT2D eigenvalue weighted by atomic mass is 10.1. The van der Waals surface area contributed by atoms with Gasteiger partial charge in [-0.25, -0.2) is 0 Å². The fraction of sp³-hybridized carbons (Fsp3) is 0.364. The van der Waals surface area contributed by atoms with E-state index in [2.05, 4.69) is 11.7 Å². The Morgan fingerprint density at radius 1 is 1.21 bits per heavy atom. The fourth-order valence-corrected chi connectivity index (χ4v) is 1.24. The van der Waals surface area contributed by atoms with Gasteiger partial charge in [0.1, 0.15) is 0 Å². The van der Waals surface area contributed by atoms with Gasteiger partial charge in [0.15, 0.2) is 11.5 Å². The van der Waals surface area contributed by atoms with E-state index in [0.717, 1.165) is 24.5 Å². The first kappa shape index (κ1) is 10.6. The summed E-state index contributed by atoms with van der Waals surface area (Å²) in [6.07, 6.45) is 0.879. The van der Waals surface area contributed by atoms with Crippen LogP contribution in [-0.4, -0.2) is 27.5 Å². The maximum atomic E-state index is 5.19. The molecule has 0 saturated heterocycles. The van der Waals surface area contributed by atoms with E-state index in [0.29, 0.717) is 0 Å². The third-order valence-corrected chi connectivity index (χ3v) is 2.01. The Kier molecular flexibility index (Phi) is 3.98. The molecule has 1 aromatic rings. The molecule has 0 heterocycles. The Bertz CT molecular complexity index is 310. The Balaban J connectivity index is 2.83. The van der Waals surface area contributed by atoms with Gasteiger partial charge in [-0.2, -0.15) is 0 Å². The summed E-state index contributed by atoms with van der Waals surface area (Å²) in [5.74, 6) is 1.51. The van der Waals surface area contributed by atoms with Crippen LogP contribution in [0.25, 0.3) is 0 Å². The van der Waals surface area contributed by atoms with Crippen molar-refractivity contribution in [2.75, 3.05) is 20.8 Å². The smallest absolute Gasteiger partial charge is 0.160 e. The lowest BCUT2D eigenvalue weighted by molar-refractivity contribution is 0.354. The van der Waals surface area contributed by atoms with Crippen molar-refractivity contribution in [1.29, 1.82) is 0 Å². The molecule has 0 aliphatic heterocycles. The molecule has 0 atom stereocenters. The molecule has 76 valence electrons. The van der Waals surface area contributed by atoms with Crippen molar-refractivity contribution in [3.05, 3.63) is 23.8 Å². The number of methoxy groups -OCH3 is 2. The van der Waals surface area contributed by atoms with Crippen molar-refractivity contribution in [3.8, 4) is 11.5 Å². The highest BCUT2D eigenvalue weighted by molar-refractivity contribution is 5.43. The maximum Gasteiger partial charge on any atom is 0.160 e. The van der Waals surface area contributed by atoms with Crippen LogP contribution < -0.4 is 9.47 Å². The molecule has 0 aliphatic carbocycles. The first-order valence-corrected chi connectivity index (χ1v) is 4.45. The minimum Gasteiger partial charge on any atom is -0.493 e. The molecule has 3 nitrogen and oxygen atoms in total. The summed E-state index contributed by atoms with van der Waals surface area (Å²) in [6.45, 7) is 4.18. The SMILES string of the molecule is C=NCCc1ccc(OC)c(OC)c1. The molecular formula is C11H15NO2. The lowest BCUT2D eigenvalue weighted by Crippen LogP contribution is -1.94. The van der Waals surface area contributed by atoms with Crippen molar-refractivity contribution in [2.45, 2.75) is 6.42 Å². The molecule has 0 bridgehead atoms. The number of ether oxygens (including phenoxy) is 2. The van der Waals surface area contributed by atoms with Gasteiger partial charge < -0.3 is 14.5 Å². The molecule has 0 unspecified atom stereocenters. The van der Waals surface area contributed by atoms with E-state index in [-0.39, 0.29) is 0 Å². The van der Waals surface area contributed by atoms with Gasteiger partial charge >= 0.3 is 0 Å². The average Bonchev–Trinajstić information content (AvgIpc) is 2.25. The summed E-state index contributed by atoms with van der Waals surface area (Å²) >= 11 is 0. The van der Waals surface area contributed by atoms with E-state index in [1.807, 2.05) is 18.2 Å². The fourth-order valence-electron chi connectivity index (χ4n) is 1.24. The Morgan fingerprint density at radius 2 is 1.93 bits per heavy atom. The largest absolute Gasteiger partial charge is 0.493 e. The van der Waals surface area contributed by atoms with Crippen molar-refractivity contribution in [2.24, 2.45) is 4.99 Å². The van der Waals surface area contributed by atoms with Crippen LogP contribution in [0.5, 0.6) is 11.5 Å². The van der Waals surface area contributed by atoms with Gasteiger partial charge in [0.2, 0.25) is 0 Å². The van der Waals surface area contributed by atoms with Crippen LogP contribution in [0.3, 0.4) is 0 Å². The normalized spacial score (nSPS) is 9.57. The van der Waals surface area contributed by atoms with Crippen molar-refractivity contribution >= 4 is 6.72 Å². The van der Waals surface area contributed by atoms with Gasteiger partial charge in [0.05, 0.1) is 14.2 Å². The summed E-state index contributed by atoms with van der Waals surface area (Å²) in [7, 11) is 3.26. The maximum absolute atomic E-state index is 5.19. The zero-order valence-electron chi connectivity index (χ0n) is 8.62. The number of rotatable bonds is 5. The summed E-state index contributed by atoms with van der Waals surface area (Å²) in [5.41, 5.74) is 1.18. The van der Waals surface area contributed by atoms with E-state index < -0.39 is 0 Å². The number of aliphatic imine (C=N–C) groups is 1. The second-order valence-electron chi connectivity index (χ2n) is 2.89. The Labute approximate surface area is 84.4 Å². The number of hydrogen-bond acceptors (Lipinski definition) is 3. The molecule has 1 aromatic carbocycles. The van der Waals surface area contributed by atoms with E-state index in [4.69, 9.17) is 9.47 Å². The Morgan fingerprint density at radius 3 is 2.50 bits per heavy atom. The van der Waals surface area contributed by atoms with Crippen LogP contribution >= 0.6 is 0 Å². The molecule has 3 heteroatoms. The molecular weight excluding hydrogens is 178 g/mol. The Hall–Kier alpha value is -1.51. The third-order valence-electron chi connectivity index (χ3n) is 2.01. The molecule has 0 spiro atoms. The van der Waals surface area contributed by atoms with Gasteiger partial charge in [-0.05, 0) is 30.8 Å². The molecule has 0 N–H and O–H groups in total. The summed E-state index contributed by atoms with van der Waals surface area (Å²) in [6, 6.07) is 5.87. The molecule has 0 aromatic heterocycles. The van der Waals surface area contributed by atoms with Crippen LogP contribution in [-0.2, 0) is 6.42 Å².